The molecule has 0 saturated heterocycles. The molecular weight excluding hydrogens is 542 g/mol. The second kappa shape index (κ2) is 10.2. The van der Waals surface area contributed by atoms with E-state index in [-0.39, 0.29) is 5.75 Å². The Morgan fingerprint density at radius 3 is 1.89 bits per heavy atom. The molecule has 0 aliphatic rings. The molecule has 44 heavy (non-hydrogen) atoms. The number of hydrogen-bond acceptors (Lipinski definition) is 4. The zero-order chi connectivity index (χ0) is 29.8. The highest BCUT2D eigenvalue weighted by Crippen LogP contribution is 2.46. The maximum absolute atomic E-state index is 11.7. The van der Waals surface area contributed by atoms with Crippen molar-refractivity contribution in [3.63, 3.8) is 0 Å². The Balaban J connectivity index is 1.27. The van der Waals surface area contributed by atoms with Gasteiger partial charge in [0, 0.05) is 33.1 Å². The van der Waals surface area contributed by atoms with Crippen LogP contribution in [0, 0.1) is 13.8 Å². The monoisotopic (exact) mass is 571 g/mol. The Labute approximate surface area is 255 Å². The summed E-state index contributed by atoms with van der Waals surface area (Å²) >= 11 is 0. The molecule has 4 heteroatoms. The number of fused-ring (bicyclic) bond motifs is 4. The number of furan rings is 2. The Kier molecular flexibility index (Phi) is 6.02. The van der Waals surface area contributed by atoms with Crippen molar-refractivity contribution in [1.82, 2.24) is 0 Å². The number of anilines is 3. The van der Waals surface area contributed by atoms with Gasteiger partial charge in [-0.15, -0.1) is 0 Å². The number of aromatic hydroxyl groups is 1. The molecular formula is C40H29NO3. The highest BCUT2D eigenvalue weighted by Gasteiger charge is 2.21. The summed E-state index contributed by atoms with van der Waals surface area (Å²) in [6.45, 7) is 4.11. The predicted octanol–water partition coefficient (Wildman–Crippen LogP) is 11.5. The zero-order valence-corrected chi connectivity index (χ0v) is 24.4. The molecule has 212 valence electrons. The summed E-state index contributed by atoms with van der Waals surface area (Å²) in [4.78, 5) is 2.07. The average Bonchev–Trinajstić information content (AvgIpc) is 3.60. The molecule has 0 atom stereocenters. The standard InChI is InChI=1S/C40H29NO3/c1-25-26(2)43-39-32(25)12-8-13-33(39)29-17-21-31(22-18-29)41(30-19-15-28(16-20-30)27-9-4-3-5-10-27)36-24-23-35-34-11-6-7-14-37(34)44-40(35)38(36)42/h3-24,42H,1-2H3. The van der Waals surface area contributed by atoms with Crippen LogP contribution in [0.1, 0.15) is 11.3 Å². The number of hydrogen-bond donors (Lipinski definition) is 1. The molecule has 2 heterocycles. The summed E-state index contributed by atoms with van der Waals surface area (Å²) in [6, 6.07) is 45.3. The Morgan fingerprint density at radius 2 is 1.14 bits per heavy atom. The van der Waals surface area contributed by atoms with Gasteiger partial charge in [-0.1, -0.05) is 91.0 Å². The van der Waals surface area contributed by atoms with E-state index in [1.807, 2.05) is 61.5 Å². The number of para-hydroxylation sites is 2. The van der Waals surface area contributed by atoms with Gasteiger partial charge in [0.25, 0.3) is 0 Å². The van der Waals surface area contributed by atoms with Crippen molar-refractivity contribution in [2.75, 3.05) is 4.90 Å². The number of benzene rings is 6. The van der Waals surface area contributed by atoms with Crippen LogP contribution in [0.15, 0.2) is 142 Å². The first kappa shape index (κ1) is 25.9. The molecule has 1 N–H and O–H groups in total. The van der Waals surface area contributed by atoms with E-state index in [1.54, 1.807) is 0 Å². The number of nitrogens with zero attached hydrogens (tertiary/aromatic N) is 1. The lowest BCUT2D eigenvalue weighted by Crippen LogP contribution is -2.10. The van der Waals surface area contributed by atoms with Crippen molar-refractivity contribution in [3.05, 3.63) is 145 Å². The third kappa shape index (κ3) is 4.15. The van der Waals surface area contributed by atoms with Gasteiger partial charge < -0.3 is 18.8 Å². The van der Waals surface area contributed by atoms with Crippen LogP contribution in [-0.4, -0.2) is 5.11 Å². The number of rotatable bonds is 5. The minimum absolute atomic E-state index is 0.0983. The van der Waals surface area contributed by atoms with Crippen molar-refractivity contribution < 1.29 is 13.9 Å². The van der Waals surface area contributed by atoms with Crippen molar-refractivity contribution in [2.24, 2.45) is 0 Å². The highest BCUT2D eigenvalue weighted by molar-refractivity contribution is 6.09. The van der Waals surface area contributed by atoms with E-state index in [9.17, 15) is 5.11 Å². The summed E-state index contributed by atoms with van der Waals surface area (Å²) in [5.74, 6) is 1.03. The molecule has 0 aliphatic carbocycles. The number of phenolic OH excluding ortho intramolecular Hbond substituents is 1. The SMILES string of the molecule is Cc1oc2c(-c3ccc(N(c4ccc(-c5ccccc5)cc4)c4ccc5c(oc6ccccc65)c4O)cc3)cccc2c1C. The molecule has 6 aromatic carbocycles. The fraction of sp³-hybridized carbons (Fsp3) is 0.0500. The lowest BCUT2D eigenvalue weighted by Gasteiger charge is -2.26. The average molecular weight is 572 g/mol. The minimum atomic E-state index is 0.0983. The Hall–Kier alpha value is -5.74. The van der Waals surface area contributed by atoms with Gasteiger partial charge >= 0.3 is 0 Å². The molecule has 0 amide bonds. The highest BCUT2D eigenvalue weighted by atomic mass is 16.4. The summed E-state index contributed by atoms with van der Waals surface area (Å²) in [6.07, 6.45) is 0. The number of phenols is 1. The van der Waals surface area contributed by atoms with E-state index < -0.39 is 0 Å². The lowest BCUT2D eigenvalue weighted by atomic mass is 10.0. The second-order valence-electron chi connectivity index (χ2n) is 11.2. The van der Waals surface area contributed by atoms with Crippen LogP contribution in [0.25, 0.3) is 55.2 Å². The van der Waals surface area contributed by atoms with Gasteiger partial charge in [0.1, 0.15) is 16.9 Å². The molecule has 0 radical (unpaired) electrons. The van der Waals surface area contributed by atoms with E-state index >= 15 is 0 Å². The molecule has 2 aromatic heterocycles. The first-order valence-electron chi connectivity index (χ1n) is 14.7. The minimum Gasteiger partial charge on any atom is -0.503 e. The fourth-order valence-electron chi connectivity index (χ4n) is 6.18. The van der Waals surface area contributed by atoms with E-state index in [0.717, 1.165) is 66.7 Å². The molecule has 0 bridgehead atoms. The molecule has 0 spiro atoms. The van der Waals surface area contributed by atoms with Gasteiger partial charge in [0.15, 0.2) is 11.3 Å². The molecule has 4 nitrogen and oxygen atoms in total. The van der Waals surface area contributed by atoms with Gasteiger partial charge in [-0.05, 0) is 78.6 Å². The first-order valence-corrected chi connectivity index (χ1v) is 14.7. The van der Waals surface area contributed by atoms with Gasteiger partial charge in [-0.3, -0.25) is 0 Å². The van der Waals surface area contributed by atoms with Gasteiger partial charge in [0.2, 0.25) is 0 Å². The lowest BCUT2D eigenvalue weighted by molar-refractivity contribution is 0.470. The largest absolute Gasteiger partial charge is 0.503 e. The Bertz CT molecular complexity index is 2290. The molecule has 8 aromatic rings. The predicted molar refractivity (Wildman–Crippen MR) is 180 cm³/mol. The fourth-order valence-corrected chi connectivity index (χ4v) is 6.18. The maximum Gasteiger partial charge on any atom is 0.183 e. The van der Waals surface area contributed by atoms with Crippen LogP contribution in [-0.2, 0) is 0 Å². The van der Waals surface area contributed by atoms with Crippen LogP contribution >= 0.6 is 0 Å². The van der Waals surface area contributed by atoms with Crippen LogP contribution in [0.5, 0.6) is 5.75 Å². The second-order valence-corrected chi connectivity index (χ2v) is 11.2. The molecule has 0 fully saturated rings. The smallest absolute Gasteiger partial charge is 0.183 e. The van der Waals surface area contributed by atoms with E-state index in [1.165, 1.54) is 5.56 Å². The topological polar surface area (TPSA) is 49.8 Å². The van der Waals surface area contributed by atoms with Crippen molar-refractivity contribution in [2.45, 2.75) is 13.8 Å². The van der Waals surface area contributed by atoms with Gasteiger partial charge in [0.05, 0.1) is 5.69 Å². The van der Waals surface area contributed by atoms with Gasteiger partial charge in [-0.25, -0.2) is 0 Å². The van der Waals surface area contributed by atoms with Gasteiger partial charge in [-0.2, -0.15) is 0 Å². The summed E-state index contributed by atoms with van der Waals surface area (Å²) in [5, 5.41) is 14.7. The van der Waals surface area contributed by atoms with Crippen LogP contribution in [0.4, 0.5) is 17.1 Å². The third-order valence-electron chi connectivity index (χ3n) is 8.61. The van der Waals surface area contributed by atoms with Crippen LogP contribution < -0.4 is 4.90 Å². The molecule has 0 unspecified atom stereocenters. The van der Waals surface area contributed by atoms with E-state index in [4.69, 9.17) is 8.83 Å². The van der Waals surface area contributed by atoms with Crippen molar-refractivity contribution >= 4 is 50.0 Å². The van der Waals surface area contributed by atoms with E-state index in [2.05, 4.69) is 90.7 Å². The third-order valence-corrected chi connectivity index (χ3v) is 8.61. The van der Waals surface area contributed by atoms with Crippen molar-refractivity contribution in [3.8, 4) is 28.0 Å². The van der Waals surface area contributed by atoms with Crippen molar-refractivity contribution in [1.29, 1.82) is 0 Å². The molecule has 8 rings (SSSR count). The Morgan fingerprint density at radius 1 is 0.500 bits per heavy atom. The maximum atomic E-state index is 11.7. The number of aryl methyl sites for hydroxylation is 2. The van der Waals surface area contributed by atoms with Crippen LogP contribution in [0.2, 0.25) is 0 Å². The summed E-state index contributed by atoms with van der Waals surface area (Å²) in [7, 11) is 0. The molecule has 0 saturated carbocycles. The summed E-state index contributed by atoms with van der Waals surface area (Å²) in [5.41, 5.74) is 10.1. The van der Waals surface area contributed by atoms with Crippen LogP contribution in [0.3, 0.4) is 0 Å². The first-order chi connectivity index (χ1) is 21.6. The molecule has 0 aliphatic heterocycles. The zero-order valence-electron chi connectivity index (χ0n) is 24.4. The normalized spacial score (nSPS) is 11.5. The summed E-state index contributed by atoms with van der Waals surface area (Å²) < 4.78 is 12.3. The quantitative estimate of drug-likeness (QED) is 0.223. The van der Waals surface area contributed by atoms with E-state index in [0.29, 0.717) is 11.3 Å².